The van der Waals surface area contributed by atoms with Crippen molar-refractivity contribution >= 4 is 34.4 Å². The predicted molar refractivity (Wildman–Crippen MR) is 117 cm³/mol. The van der Waals surface area contributed by atoms with Gasteiger partial charge in [-0.15, -0.1) is 0 Å². The van der Waals surface area contributed by atoms with E-state index >= 15 is 0 Å². The fourth-order valence-electron chi connectivity index (χ4n) is 3.25. The number of aromatic nitrogens is 2. The smallest absolute Gasteiger partial charge is 0.326 e. The Labute approximate surface area is 183 Å². The quantitative estimate of drug-likeness (QED) is 0.547. The highest BCUT2D eigenvalue weighted by Crippen LogP contribution is 2.21. The maximum absolute atomic E-state index is 12.6. The lowest BCUT2D eigenvalue weighted by molar-refractivity contribution is -0.147. The van der Waals surface area contributed by atoms with Crippen molar-refractivity contribution < 1.29 is 19.1 Å². The number of fused-ring (bicyclic) bond motifs is 1. The van der Waals surface area contributed by atoms with Crippen LogP contribution in [0.3, 0.4) is 0 Å². The first kappa shape index (κ1) is 21.2. The Morgan fingerprint density at radius 2 is 1.91 bits per heavy atom. The number of carbonyl (C=O) groups excluding carboxylic acids is 3. The Morgan fingerprint density at radius 1 is 1.12 bits per heavy atom. The number of nitrogens with one attached hydrogen (secondary N) is 2. The summed E-state index contributed by atoms with van der Waals surface area (Å²) >= 11 is 0. The molecular weight excluding hydrogens is 412 g/mol. The molecule has 0 atom stereocenters. The molecule has 1 heterocycles. The van der Waals surface area contributed by atoms with E-state index in [4.69, 9.17) is 4.74 Å². The van der Waals surface area contributed by atoms with E-state index in [2.05, 4.69) is 15.6 Å². The van der Waals surface area contributed by atoms with Crippen LogP contribution in [0.5, 0.6) is 0 Å². The van der Waals surface area contributed by atoms with Crippen molar-refractivity contribution in [2.24, 2.45) is 0 Å². The number of aryl methyl sites for hydroxylation is 1. The van der Waals surface area contributed by atoms with Crippen LogP contribution in [-0.4, -0.2) is 40.0 Å². The largest absolute Gasteiger partial charge is 0.454 e. The molecule has 0 saturated heterocycles. The van der Waals surface area contributed by atoms with E-state index in [1.54, 1.807) is 36.4 Å². The molecule has 1 fully saturated rings. The summed E-state index contributed by atoms with van der Waals surface area (Å²) in [4.78, 5) is 53.6. The predicted octanol–water partition coefficient (Wildman–Crippen LogP) is 1.78. The van der Waals surface area contributed by atoms with E-state index < -0.39 is 18.5 Å². The van der Waals surface area contributed by atoms with Gasteiger partial charge < -0.3 is 15.4 Å². The molecule has 1 aliphatic rings. The Hall–Kier alpha value is -4.01. The third kappa shape index (κ3) is 4.83. The molecule has 0 aliphatic heterocycles. The Morgan fingerprint density at radius 3 is 2.69 bits per heavy atom. The van der Waals surface area contributed by atoms with Gasteiger partial charge in [0.25, 0.3) is 17.4 Å². The van der Waals surface area contributed by atoms with Gasteiger partial charge in [0.2, 0.25) is 0 Å². The van der Waals surface area contributed by atoms with E-state index in [0.717, 1.165) is 23.0 Å². The van der Waals surface area contributed by atoms with Crippen molar-refractivity contribution in [2.75, 3.05) is 11.9 Å². The average Bonchev–Trinajstić information content (AvgIpc) is 3.59. The summed E-state index contributed by atoms with van der Waals surface area (Å²) < 4.78 is 6.15. The Bertz CT molecular complexity index is 1260. The zero-order chi connectivity index (χ0) is 22.7. The van der Waals surface area contributed by atoms with Gasteiger partial charge in [0.1, 0.15) is 6.54 Å². The monoisotopic (exact) mass is 434 g/mol. The van der Waals surface area contributed by atoms with Crippen LogP contribution in [0.25, 0.3) is 10.9 Å². The van der Waals surface area contributed by atoms with Crippen LogP contribution in [0, 0.1) is 6.92 Å². The first-order valence-corrected chi connectivity index (χ1v) is 10.2. The minimum atomic E-state index is -0.754. The lowest BCUT2D eigenvalue weighted by atomic mass is 10.1. The van der Waals surface area contributed by atoms with E-state index in [1.165, 1.54) is 6.33 Å². The molecule has 32 heavy (non-hydrogen) atoms. The number of nitrogens with zero attached hydrogens (tertiary/aromatic N) is 2. The summed E-state index contributed by atoms with van der Waals surface area (Å²) in [5.41, 5.74) is 1.74. The van der Waals surface area contributed by atoms with Gasteiger partial charge in [-0.3, -0.25) is 23.7 Å². The second-order valence-corrected chi connectivity index (χ2v) is 7.65. The highest BCUT2D eigenvalue weighted by molar-refractivity contribution is 6.04. The third-order valence-electron chi connectivity index (χ3n) is 5.08. The molecule has 3 aromatic rings. The summed E-state index contributed by atoms with van der Waals surface area (Å²) in [6.07, 6.45) is 3.19. The highest BCUT2D eigenvalue weighted by atomic mass is 16.5. The molecule has 0 unspecified atom stereocenters. The fraction of sp³-hybridized carbons (Fsp3) is 0.261. The van der Waals surface area contributed by atoms with E-state index in [-0.39, 0.29) is 24.1 Å². The summed E-state index contributed by atoms with van der Waals surface area (Å²) in [7, 11) is 0. The van der Waals surface area contributed by atoms with Gasteiger partial charge in [0, 0.05) is 6.04 Å². The van der Waals surface area contributed by atoms with Crippen LogP contribution >= 0.6 is 0 Å². The van der Waals surface area contributed by atoms with Gasteiger partial charge in [-0.1, -0.05) is 24.3 Å². The number of benzene rings is 2. The summed E-state index contributed by atoms with van der Waals surface area (Å²) in [5.74, 6) is -1.61. The Balaban J connectivity index is 1.35. The molecule has 0 bridgehead atoms. The van der Waals surface area contributed by atoms with E-state index in [0.29, 0.717) is 22.2 Å². The zero-order valence-electron chi connectivity index (χ0n) is 17.5. The van der Waals surface area contributed by atoms with Gasteiger partial charge in [-0.2, -0.15) is 0 Å². The molecule has 9 nitrogen and oxygen atoms in total. The molecule has 2 aromatic carbocycles. The minimum Gasteiger partial charge on any atom is -0.454 e. The molecule has 0 radical (unpaired) electrons. The minimum absolute atomic E-state index is 0.184. The highest BCUT2D eigenvalue weighted by Gasteiger charge is 2.25. The van der Waals surface area contributed by atoms with Crippen molar-refractivity contribution in [2.45, 2.75) is 32.4 Å². The van der Waals surface area contributed by atoms with Crippen LogP contribution in [0.4, 0.5) is 5.69 Å². The molecule has 2 N–H and O–H groups in total. The molecule has 9 heteroatoms. The second-order valence-electron chi connectivity index (χ2n) is 7.65. The summed E-state index contributed by atoms with van der Waals surface area (Å²) in [6, 6.07) is 12.0. The molecular formula is C23H22N4O5. The molecule has 0 spiro atoms. The number of anilines is 1. The van der Waals surface area contributed by atoms with Crippen molar-refractivity contribution in [1.82, 2.24) is 14.9 Å². The van der Waals surface area contributed by atoms with Gasteiger partial charge in [0.05, 0.1) is 28.5 Å². The number of hydrogen-bond donors (Lipinski definition) is 2. The topological polar surface area (TPSA) is 119 Å². The third-order valence-corrected chi connectivity index (χ3v) is 5.08. The SMILES string of the molecule is Cc1cccc2c(=O)n(CC(=O)OCC(=O)Nc3ccccc3C(=O)NC3CC3)cnc12. The maximum atomic E-state index is 12.6. The molecule has 2 amide bonds. The number of esters is 1. The van der Waals surface area contributed by atoms with Crippen molar-refractivity contribution in [3.05, 3.63) is 70.3 Å². The first-order chi connectivity index (χ1) is 15.4. The van der Waals surface area contributed by atoms with Crippen LogP contribution < -0.4 is 16.2 Å². The first-order valence-electron chi connectivity index (χ1n) is 10.2. The van der Waals surface area contributed by atoms with Crippen LogP contribution in [0.1, 0.15) is 28.8 Å². The zero-order valence-corrected chi connectivity index (χ0v) is 17.5. The van der Waals surface area contributed by atoms with E-state index in [1.807, 2.05) is 13.0 Å². The second kappa shape index (κ2) is 9.01. The average molecular weight is 434 g/mol. The number of amides is 2. The lowest BCUT2D eigenvalue weighted by Gasteiger charge is -2.12. The number of carbonyl (C=O) groups is 3. The summed E-state index contributed by atoms with van der Waals surface area (Å²) in [6.45, 7) is 0.926. The summed E-state index contributed by atoms with van der Waals surface area (Å²) in [5, 5.41) is 5.86. The van der Waals surface area contributed by atoms with Crippen molar-refractivity contribution in [1.29, 1.82) is 0 Å². The van der Waals surface area contributed by atoms with Gasteiger partial charge in [-0.25, -0.2) is 4.98 Å². The van der Waals surface area contributed by atoms with Crippen LogP contribution in [0.15, 0.2) is 53.6 Å². The standard InChI is InChI=1S/C23H22N4O5/c1-14-5-4-7-17-21(14)24-13-27(23(17)31)11-20(29)32-12-19(28)26-18-8-3-2-6-16(18)22(30)25-15-9-10-15/h2-8,13,15H,9-12H2,1H3,(H,25,30)(H,26,28). The van der Waals surface area contributed by atoms with E-state index in [9.17, 15) is 19.2 Å². The van der Waals surface area contributed by atoms with Crippen LogP contribution in [0.2, 0.25) is 0 Å². The molecule has 4 rings (SSSR count). The fourth-order valence-corrected chi connectivity index (χ4v) is 3.25. The van der Waals surface area contributed by atoms with Gasteiger partial charge in [0.15, 0.2) is 6.61 Å². The number of rotatable bonds is 7. The molecule has 1 saturated carbocycles. The van der Waals surface area contributed by atoms with Crippen molar-refractivity contribution in [3.8, 4) is 0 Å². The normalized spacial score (nSPS) is 12.9. The molecule has 1 aromatic heterocycles. The molecule has 1 aliphatic carbocycles. The maximum Gasteiger partial charge on any atom is 0.326 e. The number of hydrogen-bond acceptors (Lipinski definition) is 6. The van der Waals surface area contributed by atoms with Crippen LogP contribution in [-0.2, 0) is 20.9 Å². The lowest BCUT2D eigenvalue weighted by Crippen LogP contribution is -2.29. The Kier molecular flexibility index (Phi) is 5.98. The molecule has 164 valence electrons. The van der Waals surface area contributed by atoms with Gasteiger partial charge in [-0.05, 0) is 43.5 Å². The number of ether oxygens (including phenoxy) is 1. The van der Waals surface area contributed by atoms with Gasteiger partial charge >= 0.3 is 5.97 Å². The van der Waals surface area contributed by atoms with Crippen molar-refractivity contribution in [3.63, 3.8) is 0 Å². The number of para-hydroxylation sites is 2.